The van der Waals surface area contributed by atoms with E-state index in [2.05, 4.69) is 13.8 Å². The number of ketones is 1. The first-order valence-corrected chi connectivity index (χ1v) is 12.2. The van der Waals surface area contributed by atoms with Gasteiger partial charge >= 0.3 is 5.97 Å². The highest BCUT2D eigenvalue weighted by molar-refractivity contribution is 5.85. The van der Waals surface area contributed by atoms with Gasteiger partial charge in [0.15, 0.2) is 5.78 Å². The molecular weight excluding hydrogens is 396 g/mol. The average Bonchev–Trinajstić information content (AvgIpc) is 3.06. The van der Waals surface area contributed by atoms with Crippen molar-refractivity contribution in [3.8, 4) is 0 Å². The Morgan fingerprint density at radius 2 is 1.84 bits per heavy atom. The van der Waals surface area contributed by atoms with Gasteiger partial charge in [-0.15, -0.1) is 0 Å². The predicted molar refractivity (Wildman–Crippen MR) is 115 cm³/mol. The molecule has 0 aliphatic heterocycles. The molecule has 6 heteroatoms. The molecule has 0 aromatic carbocycles. The molecule has 4 aliphatic carbocycles. The van der Waals surface area contributed by atoms with Crippen molar-refractivity contribution < 1.29 is 28.9 Å². The van der Waals surface area contributed by atoms with Gasteiger partial charge in [-0.05, 0) is 85.9 Å². The van der Waals surface area contributed by atoms with Crippen molar-refractivity contribution in [2.75, 3.05) is 20.5 Å². The normalized spacial score (nSPS) is 46.5. The lowest BCUT2D eigenvalue weighted by molar-refractivity contribution is -0.189. The lowest BCUT2D eigenvalue weighted by atomic mass is 9.44. The third-order valence-corrected chi connectivity index (χ3v) is 9.77. The van der Waals surface area contributed by atoms with Crippen LogP contribution >= 0.6 is 0 Å². The Kier molecular flexibility index (Phi) is 6.55. The topological polar surface area (TPSA) is 82.1 Å². The van der Waals surface area contributed by atoms with Gasteiger partial charge in [-0.25, -0.2) is 0 Å². The Labute approximate surface area is 186 Å². The summed E-state index contributed by atoms with van der Waals surface area (Å²) in [6.07, 6.45) is 7.93. The number of carbonyl (C=O) groups is 2. The summed E-state index contributed by atoms with van der Waals surface area (Å²) < 4.78 is 16.0. The van der Waals surface area contributed by atoms with Crippen molar-refractivity contribution in [3.05, 3.63) is 0 Å². The lowest BCUT2D eigenvalue weighted by Crippen LogP contribution is -2.59. The minimum Gasteiger partial charge on any atom is -0.458 e. The highest BCUT2D eigenvalue weighted by atomic mass is 16.7. The van der Waals surface area contributed by atoms with E-state index in [4.69, 9.17) is 14.2 Å². The van der Waals surface area contributed by atoms with E-state index in [0.717, 1.165) is 38.5 Å². The Morgan fingerprint density at radius 3 is 2.55 bits per heavy atom. The van der Waals surface area contributed by atoms with E-state index in [1.54, 1.807) is 7.11 Å². The lowest BCUT2D eigenvalue weighted by Gasteiger charge is -2.62. The van der Waals surface area contributed by atoms with Gasteiger partial charge in [-0.1, -0.05) is 13.8 Å². The highest BCUT2D eigenvalue weighted by Crippen LogP contribution is 2.67. The number of esters is 1. The molecule has 4 fully saturated rings. The minimum absolute atomic E-state index is 0.0292. The molecule has 0 aromatic rings. The van der Waals surface area contributed by atoms with Crippen molar-refractivity contribution in [1.82, 2.24) is 0 Å². The first-order chi connectivity index (χ1) is 14.7. The van der Waals surface area contributed by atoms with Crippen LogP contribution in [0.4, 0.5) is 0 Å². The number of ether oxygens (including phenoxy) is 3. The average molecular weight is 437 g/mol. The van der Waals surface area contributed by atoms with E-state index in [1.165, 1.54) is 13.3 Å². The monoisotopic (exact) mass is 436 g/mol. The zero-order valence-corrected chi connectivity index (χ0v) is 19.6. The summed E-state index contributed by atoms with van der Waals surface area (Å²) in [5, 5.41) is 11.5. The number of aliphatic hydroxyl groups is 1. The zero-order chi connectivity index (χ0) is 22.4. The van der Waals surface area contributed by atoms with Crippen LogP contribution in [0.15, 0.2) is 0 Å². The van der Waals surface area contributed by atoms with Gasteiger partial charge in [0.2, 0.25) is 0 Å². The summed E-state index contributed by atoms with van der Waals surface area (Å²) in [4.78, 5) is 24.1. The van der Waals surface area contributed by atoms with Crippen LogP contribution in [0, 0.1) is 40.4 Å². The second kappa shape index (κ2) is 8.75. The number of hydrogen-bond donors (Lipinski definition) is 1. The molecule has 9 atom stereocenters. The number of aliphatic hydroxyl groups excluding tert-OH is 1. The van der Waals surface area contributed by atoms with Crippen LogP contribution in [0.1, 0.15) is 72.1 Å². The van der Waals surface area contributed by atoms with Crippen LogP contribution < -0.4 is 0 Å². The van der Waals surface area contributed by atoms with Crippen LogP contribution in [0.2, 0.25) is 0 Å². The fraction of sp³-hybridized carbons (Fsp3) is 0.920. The summed E-state index contributed by atoms with van der Waals surface area (Å²) in [6, 6.07) is 0. The van der Waals surface area contributed by atoms with Gasteiger partial charge in [0.05, 0.1) is 12.2 Å². The standard InChI is InChI=1S/C25H40O6/c1-15(26)30-13-22(28)20-8-7-19-18-6-5-16-11-17(31-14-29-4)9-10-24(16,2)23(18)21(27)12-25(19,20)3/h16-21,23,27H,5-14H2,1-4H3/t16-,17+,18-,19-,20+,21-,23+,24-,25-/m0/s1. The maximum Gasteiger partial charge on any atom is 0.303 e. The van der Waals surface area contributed by atoms with Crippen molar-refractivity contribution in [1.29, 1.82) is 0 Å². The van der Waals surface area contributed by atoms with Crippen molar-refractivity contribution >= 4 is 11.8 Å². The number of fused-ring (bicyclic) bond motifs is 5. The molecule has 1 N–H and O–H groups in total. The van der Waals surface area contributed by atoms with Crippen molar-refractivity contribution in [2.24, 2.45) is 40.4 Å². The first-order valence-electron chi connectivity index (χ1n) is 12.2. The molecule has 4 saturated carbocycles. The Bertz CT molecular complexity index is 693. The molecule has 6 nitrogen and oxygen atoms in total. The summed E-state index contributed by atoms with van der Waals surface area (Å²) in [6.45, 7) is 6.19. The van der Waals surface area contributed by atoms with E-state index < -0.39 is 5.97 Å². The molecular formula is C25H40O6. The van der Waals surface area contributed by atoms with E-state index >= 15 is 0 Å². The first kappa shape index (κ1) is 23.2. The third kappa shape index (κ3) is 3.97. The van der Waals surface area contributed by atoms with Crippen LogP contribution in [0.5, 0.6) is 0 Å². The van der Waals surface area contributed by atoms with E-state index in [0.29, 0.717) is 36.9 Å². The molecule has 176 valence electrons. The van der Waals surface area contributed by atoms with E-state index in [-0.39, 0.29) is 41.3 Å². The molecule has 31 heavy (non-hydrogen) atoms. The third-order valence-electron chi connectivity index (χ3n) is 9.77. The van der Waals surface area contributed by atoms with Gasteiger partial charge in [0.25, 0.3) is 0 Å². The number of hydrogen-bond acceptors (Lipinski definition) is 6. The van der Waals surface area contributed by atoms with E-state index in [9.17, 15) is 14.7 Å². The molecule has 4 aliphatic rings. The fourth-order valence-electron chi connectivity index (χ4n) is 8.46. The van der Waals surface area contributed by atoms with E-state index in [1.807, 2.05) is 0 Å². The molecule has 4 rings (SSSR count). The predicted octanol–water partition coefficient (Wildman–Crippen LogP) is 3.74. The van der Waals surface area contributed by atoms with Gasteiger partial charge in [-0.3, -0.25) is 9.59 Å². The minimum atomic E-state index is -0.409. The second-order valence-electron chi connectivity index (χ2n) is 11.2. The smallest absolute Gasteiger partial charge is 0.303 e. The Hall–Kier alpha value is -0.980. The quantitative estimate of drug-likeness (QED) is 0.505. The second-order valence-corrected chi connectivity index (χ2v) is 11.2. The SMILES string of the molecule is COCO[C@@H]1CC[C@@]2(C)[C@@H](CC[C@@H]3[C@@H]2[C@@H](O)C[C@]2(C)[C@@H](C(=O)COC(C)=O)CC[C@@H]32)C1. The van der Waals surface area contributed by atoms with Crippen LogP contribution in [0.3, 0.4) is 0 Å². The Morgan fingerprint density at radius 1 is 1.06 bits per heavy atom. The molecule has 0 heterocycles. The largest absolute Gasteiger partial charge is 0.458 e. The van der Waals surface area contributed by atoms with Gasteiger partial charge in [-0.2, -0.15) is 0 Å². The van der Waals surface area contributed by atoms with Gasteiger partial charge in [0, 0.05) is 20.0 Å². The molecule has 0 unspecified atom stereocenters. The maximum absolute atomic E-state index is 12.9. The summed E-state index contributed by atoms with van der Waals surface area (Å²) in [5.74, 6) is 1.32. The molecule has 0 aromatic heterocycles. The van der Waals surface area contributed by atoms with Gasteiger partial charge < -0.3 is 19.3 Å². The van der Waals surface area contributed by atoms with Crippen LogP contribution in [-0.4, -0.2) is 49.6 Å². The molecule has 0 bridgehead atoms. The molecule has 0 amide bonds. The highest BCUT2D eigenvalue weighted by Gasteiger charge is 2.63. The maximum atomic E-state index is 12.9. The fourth-order valence-corrected chi connectivity index (χ4v) is 8.46. The van der Waals surface area contributed by atoms with Crippen molar-refractivity contribution in [3.63, 3.8) is 0 Å². The number of methoxy groups -OCH3 is 1. The van der Waals surface area contributed by atoms with Gasteiger partial charge in [0.1, 0.15) is 13.4 Å². The summed E-state index contributed by atoms with van der Waals surface area (Å²) >= 11 is 0. The number of Topliss-reactive ketones (excluding diaryl/α,β-unsaturated/α-hetero) is 1. The van der Waals surface area contributed by atoms with Crippen LogP contribution in [-0.2, 0) is 23.8 Å². The molecule has 0 saturated heterocycles. The number of rotatable bonds is 6. The molecule has 0 radical (unpaired) electrons. The summed E-state index contributed by atoms with van der Waals surface area (Å²) in [7, 11) is 1.67. The van der Waals surface area contributed by atoms with Crippen molar-refractivity contribution in [2.45, 2.75) is 84.3 Å². The zero-order valence-electron chi connectivity index (χ0n) is 19.6. The molecule has 0 spiro atoms. The Balaban J connectivity index is 1.51. The number of carbonyl (C=O) groups excluding carboxylic acids is 2. The summed E-state index contributed by atoms with van der Waals surface area (Å²) in [5.41, 5.74) is -0.0593. The van der Waals surface area contributed by atoms with Crippen LogP contribution in [0.25, 0.3) is 0 Å².